The van der Waals surface area contributed by atoms with E-state index in [0.717, 1.165) is 19.4 Å². The fraction of sp³-hybridized carbons (Fsp3) is 1.00. The summed E-state index contributed by atoms with van der Waals surface area (Å²) in [6.45, 7) is 6.52. The van der Waals surface area contributed by atoms with E-state index in [-0.39, 0.29) is 11.3 Å². The second-order valence-corrected chi connectivity index (χ2v) is 7.45. The maximum Gasteiger partial charge on any atom is 0.212 e. The third kappa shape index (κ3) is 7.19. The molecule has 0 saturated heterocycles. The van der Waals surface area contributed by atoms with Crippen LogP contribution in [0.4, 0.5) is 0 Å². The van der Waals surface area contributed by atoms with Crippen molar-refractivity contribution >= 4 is 10.0 Å². The maximum atomic E-state index is 11.6. The SMILES string of the molecule is CC(C)(C)NS(=O)(=O)CCCCNC1CC1. The molecule has 1 aliphatic carbocycles. The Morgan fingerprint density at radius 3 is 2.31 bits per heavy atom. The van der Waals surface area contributed by atoms with E-state index >= 15 is 0 Å². The van der Waals surface area contributed by atoms with Gasteiger partial charge in [0, 0.05) is 11.6 Å². The lowest BCUT2D eigenvalue weighted by Gasteiger charge is -2.20. The molecule has 1 fully saturated rings. The van der Waals surface area contributed by atoms with Crippen LogP contribution in [0.15, 0.2) is 0 Å². The second kappa shape index (κ2) is 5.47. The van der Waals surface area contributed by atoms with E-state index < -0.39 is 10.0 Å². The number of sulfonamides is 1. The van der Waals surface area contributed by atoms with Gasteiger partial charge in [-0.15, -0.1) is 0 Å². The van der Waals surface area contributed by atoms with Crippen LogP contribution in [0.25, 0.3) is 0 Å². The van der Waals surface area contributed by atoms with E-state index in [1.54, 1.807) is 0 Å². The maximum absolute atomic E-state index is 11.6. The summed E-state index contributed by atoms with van der Waals surface area (Å²) >= 11 is 0. The van der Waals surface area contributed by atoms with Crippen molar-refractivity contribution in [3.63, 3.8) is 0 Å². The average Bonchev–Trinajstić information content (AvgIpc) is 2.82. The number of unbranched alkanes of at least 4 members (excludes halogenated alkanes) is 1. The molecule has 0 radical (unpaired) electrons. The zero-order valence-electron chi connectivity index (χ0n) is 10.5. The molecule has 0 aromatic carbocycles. The van der Waals surface area contributed by atoms with Crippen LogP contribution in [0.2, 0.25) is 0 Å². The molecule has 4 nitrogen and oxygen atoms in total. The highest BCUT2D eigenvalue weighted by molar-refractivity contribution is 7.89. The highest BCUT2D eigenvalue weighted by atomic mass is 32.2. The molecule has 0 aromatic rings. The van der Waals surface area contributed by atoms with Crippen LogP contribution in [-0.2, 0) is 10.0 Å². The predicted molar refractivity (Wildman–Crippen MR) is 66.9 cm³/mol. The summed E-state index contributed by atoms with van der Waals surface area (Å²) in [6, 6.07) is 0.712. The summed E-state index contributed by atoms with van der Waals surface area (Å²) in [5.74, 6) is 0.233. The quantitative estimate of drug-likeness (QED) is 0.666. The zero-order valence-corrected chi connectivity index (χ0v) is 11.4. The first kappa shape index (κ1) is 13.9. The molecule has 5 heteroatoms. The van der Waals surface area contributed by atoms with Crippen molar-refractivity contribution in [2.45, 2.75) is 58.0 Å². The third-order valence-electron chi connectivity index (χ3n) is 2.31. The van der Waals surface area contributed by atoms with Crippen molar-refractivity contribution in [1.82, 2.24) is 10.0 Å². The van der Waals surface area contributed by atoms with Gasteiger partial charge in [0.1, 0.15) is 0 Å². The number of nitrogens with one attached hydrogen (secondary N) is 2. The summed E-state index contributed by atoms with van der Waals surface area (Å²) in [4.78, 5) is 0. The van der Waals surface area contributed by atoms with Crippen molar-refractivity contribution < 1.29 is 8.42 Å². The molecule has 2 N–H and O–H groups in total. The first-order valence-electron chi connectivity index (χ1n) is 6.03. The summed E-state index contributed by atoms with van der Waals surface area (Å²) < 4.78 is 25.9. The first-order valence-corrected chi connectivity index (χ1v) is 7.69. The van der Waals surface area contributed by atoms with Gasteiger partial charge in [0.25, 0.3) is 0 Å². The lowest BCUT2D eigenvalue weighted by molar-refractivity contribution is 0.489. The summed E-state index contributed by atoms with van der Waals surface area (Å²) in [5, 5.41) is 3.38. The Balaban J connectivity index is 2.09. The largest absolute Gasteiger partial charge is 0.314 e. The van der Waals surface area contributed by atoms with Crippen molar-refractivity contribution in [3.05, 3.63) is 0 Å². The molecule has 0 heterocycles. The Hall–Kier alpha value is -0.130. The van der Waals surface area contributed by atoms with Crippen LogP contribution >= 0.6 is 0 Å². The summed E-state index contributed by atoms with van der Waals surface area (Å²) in [5.41, 5.74) is -0.370. The lowest BCUT2D eigenvalue weighted by Crippen LogP contribution is -2.41. The molecule has 1 rings (SSSR count). The van der Waals surface area contributed by atoms with Crippen LogP contribution in [0.3, 0.4) is 0 Å². The molecule has 96 valence electrons. The topological polar surface area (TPSA) is 58.2 Å². The molecule has 0 spiro atoms. The highest BCUT2D eigenvalue weighted by Crippen LogP contribution is 2.18. The van der Waals surface area contributed by atoms with Gasteiger partial charge in [-0.2, -0.15) is 0 Å². The third-order valence-corrected chi connectivity index (χ3v) is 4.06. The standard InChI is InChI=1S/C11H24N2O2S/c1-11(2,3)13-16(14,15)9-5-4-8-12-10-6-7-10/h10,12-13H,4-9H2,1-3H3. The fourth-order valence-electron chi connectivity index (χ4n) is 1.53. The van der Waals surface area contributed by atoms with Crippen molar-refractivity contribution in [1.29, 1.82) is 0 Å². The monoisotopic (exact) mass is 248 g/mol. The van der Waals surface area contributed by atoms with Crippen LogP contribution in [0.5, 0.6) is 0 Å². The fourth-order valence-corrected chi connectivity index (χ4v) is 3.15. The van der Waals surface area contributed by atoms with Crippen molar-refractivity contribution in [2.75, 3.05) is 12.3 Å². The van der Waals surface area contributed by atoms with Crippen molar-refractivity contribution in [3.8, 4) is 0 Å². The van der Waals surface area contributed by atoms with Gasteiger partial charge < -0.3 is 5.32 Å². The molecular weight excluding hydrogens is 224 g/mol. The van der Waals surface area contributed by atoms with Crippen molar-refractivity contribution in [2.24, 2.45) is 0 Å². The predicted octanol–water partition coefficient (Wildman–Crippen LogP) is 1.24. The summed E-state index contributed by atoms with van der Waals surface area (Å²) in [7, 11) is -3.10. The minimum Gasteiger partial charge on any atom is -0.314 e. The molecule has 1 aliphatic rings. The molecular formula is C11H24N2O2S. The zero-order chi connectivity index (χ0) is 12.2. The smallest absolute Gasteiger partial charge is 0.212 e. The van der Waals surface area contributed by atoms with Crippen LogP contribution in [0.1, 0.15) is 46.5 Å². The van der Waals surface area contributed by atoms with Gasteiger partial charge in [0.2, 0.25) is 10.0 Å². The molecule has 0 atom stereocenters. The van der Waals surface area contributed by atoms with Gasteiger partial charge >= 0.3 is 0 Å². The van der Waals surface area contributed by atoms with Gasteiger partial charge in [0.15, 0.2) is 0 Å². The summed E-state index contributed by atoms with van der Waals surface area (Å²) in [6.07, 6.45) is 4.22. The van der Waals surface area contributed by atoms with Gasteiger partial charge in [-0.05, 0) is 53.0 Å². The number of hydrogen-bond acceptors (Lipinski definition) is 3. The Labute approximate surface area is 99.2 Å². The molecule has 0 amide bonds. The van der Waals surface area contributed by atoms with Crippen LogP contribution in [0, 0.1) is 0 Å². The van der Waals surface area contributed by atoms with Gasteiger partial charge in [-0.1, -0.05) is 0 Å². The van der Waals surface area contributed by atoms with Crippen LogP contribution < -0.4 is 10.0 Å². The average molecular weight is 248 g/mol. The normalized spacial score (nSPS) is 17.7. The second-order valence-electron chi connectivity index (χ2n) is 5.61. The van der Waals surface area contributed by atoms with E-state index in [4.69, 9.17) is 0 Å². The van der Waals surface area contributed by atoms with Gasteiger partial charge in [-0.3, -0.25) is 0 Å². The number of hydrogen-bond donors (Lipinski definition) is 2. The minimum atomic E-state index is -3.10. The van der Waals surface area contributed by atoms with Crippen LogP contribution in [-0.4, -0.2) is 32.3 Å². The Morgan fingerprint density at radius 2 is 1.81 bits per heavy atom. The van der Waals surface area contributed by atoms with E-state index in [9.17, 15) is 8.42 Å². The first-order chi connectivity index (χ1) is 7.29. The van der Waals surface area contributed by atoms with E-state index in [0.29, 0.717) is 6.04 Å². The Bertz CT molecular complexity index is 302. The van der Waals surface area contributed by atoms with Gasteiger partial charge in [0.05, 0.1) is 5.75 Å². The Kier molecular flexibility index (Phi) is 4.76. The molecule has 1 saturated carbocycles. The molecule has 0 unspecified atom stereocenters. The highest BCUT2D eigenvalue weighted by Gasteiger charge is 2.21. The van der Waals surface area contributed by atoms with E-state index in [1.165, 1.54) is 12.8 Å². The Morgan fingerprint density at radius 1 is 1.19 bits per heavy atom. The molecule has 16 heavy (non-hydrogen) atoms. The van der Waals surface area contributed by atoms with E-state index in [1.807, 2.05) is 20.8 Å². The molecule has 0 aliphatic heterocycles. The van der Waals surface area contributed by atoms with E-state index in [2.05, 4.69) is 10.0 Å². The number of rotatable bonds is 7. The van der Waals surface area contributed by atoms with Gasteiger partial charge in [-0.25, -0.2) is 13.1 Å². The molecule has 0 bridgehead atoms. The minimum absolute atomic E-state index is 0.233. The lowest BCUT2D eigenvalue weighted by atomic mass is 10.1. The molecule has 0 aromatic heterocycles.